The number of hydrogen-bond acceptors (Lipinski definition) is 4. The number of hydrogen-bond donors (Lipinski definition) is 0. The highest BCUT2D eigenvalue weighted by molar-refractivity contribution is 9.10. The summed E-state index contributed by atoms with van der Waals surface area (Å²) in [4.78, 5) is 23.9. The molecule has 0 saturated carbocycles. The van der Waals surface area contributed by atoms with E-state index in [1.807, 2.05) is 24.3 Å². The monoisotopic (exact) mass is 354 g/mol. The Morgan fingerprint density at radius 3 is 1.90 bits per heavy atom. The van der Waals surface area contributed by atoms with Crippen molar-refractivity contribution in [2.45, 2.75) is 27.2 Å². The van der Waals surface area contributed by atoms with Gasteiger partial charge in [0, 0.05) is 4.47 Å². The Balaban J connectivity index is 3.04. The second-order valence-corrected chi connectivity index (χ2v) is 5.32. The zero-order chi connectivity index (χ0) is 15.8. The molecule has 0 radical (unpaired) electrons. The molecule has 0 unspecified atom stereocenters. The molecule has 0 fully saturated rings. The summed E-state index contributed by atoms with van der Waals surface area (Å²) in [6, 6.07) is 7.69. The molecule has 0 N–H and O–H groups in total. The molecule has 0 aliphatic rings. The number of halogens is 1. The number of benzene rings is 1. The van der Waals surface area contributed by atoms with E-state index in [1.54, 1.807) is 20.8 Å². The molecule has 0 atom stereocenters. The molecule has 0 aliphatic heterocycles. The number of ether oxygens (including phenoxy) is 2. The van der Waals surface area contributed by atoms with Crippen LogP contribution in [0.4, 0.5) is 0 Å². The van der Waals surface area contributed by atoms with E-state index >= 15 is 0 Å². The lowest BCUT2D eigenvalue weighted by Gasteiger charge is -2.11. The van der Waals surface area contributed by atoms with Crippen molar-refractivity contribution in [2.75, 3.05) is 13.2 Å². The van der Waals surface area contributed by atoms with Crippen LogP contribution in [-0.2, 0) is 25.5 Å². The molecule has 4 nitrogen and oxygen atoms in total. The lowest BCUT2D eigenvalue weighted by atomic mass is 10.0. The van der Waals surface area contributed by atoms with Gasteiger partial charge in [-0.15, -0.1) is 0 Å². The Kier molecular flexibility index (Phi) is 7.15. The van der Waals surface area contributed by atoms with Gasteiger partial charge < -0.3 is 9.47 Å². The molecule has 0 amide bonds. The number of carbonyl (C=O) groups excluding carboxylic acids is 2. The number of carbonyl (C=O) groups is 2. The molecule has 0 saturated heterocycles. The molecule has 5 heteroatoms. The van der Waals surface area contributed by atoms with Crippen molar-refractivity contribution in [3.8, 4) is 0 Å². The van der Waals surface area contributed by atoms with Gasteiger partial charge in [-0.2, -0.15) is 0 Å². The average molecular weight is 355 g/mol. The molecular weight excluding hydrogens is 336 g/mol. The van der Waals surface area contributed by atoms with Crippen LogP contribution in [0.5, 0.6) is 0 Å². The van der Waals surface area contributed by atoms with E-state index in [9.17, 15) is 9.59 Å². The second kappa shape index (κ2) is 8.62. The standard InChI is InChI=1S/C16H19BrO4/c1-4-20-15(18)14(16(19)21-5-2)11(3)10-12-6-8-13(17)9-7-12/h6-9H,4-5,10H2,1-3H3. The minimum absolute atomic E-state index is 0.0124. The van der Waals surface area contributed by atoms with Crippen LogP contribution in [0.2, 0.25) is 0 Å². The first-order chi connectivity index (χ1) is 9.99. The predicted molar refractivity (Wildman–Crippen MR) is 83.8 cm³/mol. The largest absolute Gasteiger partial charge is 0.462 e. The van der Waals surface area contributed by atoms with E-state index < -0.39 is 11.9 Å². The van der Waals surface area contributed by atoms with Gasteiger partial charge in [0.25, 0.3) is 0 Å². The van der Waals surface area contributed by atoms with Crippen LogP contribution in [0, 0.1) is 0 Å². The van der Waals surface area contributed by atoms with Crippen molar-refractivity contribution in [2.24, 2.45) is 0 Å². The summed E-state index contributed by atoms with van der Waals surface area (Å²) in [5.41, 5.74) is 1.62. The highest BCUT2D eigenvalue weighted by Gasteiger charge is 2.23. The van der Waals surface area contributed by atoms with Gasteiger partial charge in [0.05, 0.1) is 13.2 Å². The lowest BCUT2D eigenvalue weighted by molar-refractivity contribution is -0.146. The fourth-order valence-electron chi connectivity index (χ4n) is 1.84. The summed E-state index contributed by atoms with van der Waals surface area (Å²) in [6.45, 7) is 5.57. The van der Waals surface area contributed by atoms with E-state index in [0.717, 1.165) is 10.0 Å². The SMILES string of the molecule is CCOC(=O)C(C(=O)OCC)=C(C)Cc1ccc(Br)cc1. The minimum Gasteiger partial charge on any atom is -0.462 e. The minimum atomic E-state index is -0.634. The van der Waals surface area contributed by atoms with E-state index in [1.165, 1.54) is 0 Å². The maximum atomic E-state index is 12.0. The molecular formula is C16H19BrO4. The molecule has 1 aromatic rings. The van der Waals surface area contributed by atoms with Crippen molar-refractivity contribution >= 4 is 27.9 Å². The molecule has 21 heavy (non-hydrogen) atoms. The first-order valence-electron chi connectivity index (χ1n) is 6.78. The first kappa shape index (κ1) is 17.4. The number of esters is 2. The van der Waals surface area contributed by atoms with Crippen LogP contribution in [-0.4, -0.2) is 25.2 Å². The third-order valence-corrected chi connectivity index (χ3v) is 3.30. The molecule has 0 spiro atoms. The van der Waals surface area contributed by atoms with Gasteiger partial charge in [-0.25, -0.2) is 9.59 Å². The fraction of sp³-hybridized carbons (Fsp3) is 0.375. The van der Waals surface area contributed by atoms with Crippen LogP contribution in [0.1, 0.15) is 26.3 Å². The van der Waals surface area contributed by atoms with Crippen molar-refractivity contribution in [3.63, 3.8) is 0 Å². The van der Waals surface area contributed by atoms with Crippen LogP contribution >= 0.6 is 15.9 Å². The summed E-state index contributed by atoms with van der Waals surface area (Å²) in [5.74, 6) is -1.27. The van der Waals surface area contributed by atoms with Gasteiger partial charge in [-0.1, -0.05) is 28.1 Å². The predicted octanol–water partition coefficient (Wildman–Crippen LogP) is 3.43. The molecule has 1 rings (SSSR count). The van der Waals surface area contributed by atoms with Crippen LogP contribution in [0.25, 0.3) is 0 Å². The van der Waals surface area contributed by atoms with E-state index in [0.29, 0.717) is 12.0 Å². The Bertz CT molecular complexity index is 512. The van der Waals surface area contributed by atoms with Crippen molar-refractivity contribution in [1.29, 1.82) is 0 Å². The summed E-state index contributed by atoms with van der Waals surface area (Å²) < 4.78 is 10.9. The normalized spacial score (nSPS) is 9.90. The maximum absolute atomic E-state index is 12.0. The van der Waals surface area contributed by atoms with Gasteiger partial charge in [-0.3, -0.25) is 0 Å². The summed E-state index contributed by atoms with van der Waals surface area (Å²) >= 11 is 3.37. The van der Waals surface area contributed by atoms with Gasteiger partial charge in [0.15, 0.2) is 0 Å². The van der Waals surface area contributed by atoms with E-state index in [2.05, 4.69) is 15.9 Å². The zero-order valence-corrected chi connectivity index (χ0v) is 14.0. The molecule has 114 valence electrons. The molecule has 1 aromatic carbocycles. The fourth-order valence-corrected chi connectivity index (χ4v) is 2.10. The van der Waals surface area contributed by atoms with Crippen molar-refractivity contribution in [1.82, 2.24) is 0 Å². The zero-order valence-electron chi connectivity index (χ0n) is 12.4. The van der Waals surface area contributed by atoms with E-state index in [-0.39, 0.29) is 18.8 Å². The smallest absolute Gasteiger partial charge is 0.345 e. The molecule has 0 aliphatic carbocycles. The molecule has 0 aromatic heterocycles. The number of rotatable bonds is 6. The quantitative estimate of drug-likeness (QED) is 0.340. The van der Waals surface area contributed by atoms with Gasteiger partial charge in [0.1, 0.15) is 5.57 Å². The second-order valence-electron chi connectivity index (χ2n) is 4.40. The van der Waals surface area contributed by atoms with E-state index in [4.69, 9.17) is 9.47 Å². The highest BCUT2D eigenvalue weighted by atomic mass is 79.9. The Morgan fingerprint density at radius 2 is 1.48 bits per heavy atom. The van der Waals surface area contributed by atoms with Crippen molar-refractivity contribution < 1.29 is 19.1 Å². The third-order valence-electron chi connectivity index (χ3n) is 2.77. The summed E-state index contributed by atoms with van der Waals surface area (Å²) in [7, 11) is 0. The molecule has 0 heterocycles. The first-order valence-corrected chi connectivity index (χ1v) is 7.57. The number of allylic oxidation sites excluding steroid dienone is 1. The van der Waals surface area contributed by atoms with Crippen LogP contribution < -0.4 is 0 Å². The highest BCUT2D eigenvalue weighted by Crippen LogP contribution is 2.17. The van der Waals surface area contributed by atoms with Crippen LogP contribution in [0.3, 0.4) is 0 Å². The van der Waals surface area contributed by atoms with Crippen LogP contribution in [0.15, 0.2) is 39.9 Å². The Morgan fingerprint density at radius 1 is 1.00 bits per heavy atom. The Hall–Kier alpha value is -1.62. The van der Waals surface area contributed by atoms with Gasteiger partial charge in [0.2, 0.25) is 0 Å². The Labute approximate surface area is 133 Å². The lowest BCUT2D eigenvalue weighted by Crippen LogP contribution is -2.20. The average Bonchev–Trinajstić information content (AvgIpc) is 2.42. The summed E-state index contributed by atoms with van der Waals surface area (Å²) in [6.07, 6.45) is 0.486. The van der Waals surface area contributed by atoms with Gasteiger partial charge >= 0.3 is 11.9 Å². The molecule has 0 bridgehead atoms. The summed E-state index contributed by atoms with van der Waals surface area (Å²) in [5, 5.41) is 0. The van der Waals surface area contributed by atoms with Crippen molar-refractivity contribution in [3.05, 3.63) is 45.4 Å². The third kappa shape index (κ3) is 5.34. The van der Waals surface area contributed by atoms with Gasteiger partial charge in [-0.05, 0) is 50.5 Å². The maximum Gasteiger partial charge on any atom is 0.345 e. The topological polar surface area (TPSA) is 52.6 Å².